The fourth-order valence-corrected chi connectivity index (χ4v) is 3.22. The second-order valence-corrected chi connectivity index (χ2v) is 7.21. The van der Waals surface area contributed by atoms with E-state index in [9.17, 15) is 19.2 Å². The number of hydrogen-bond acceptors (Lipinski definition) is 7. The van der Waals surface area contributed by atoms with E-state index in [0.717, 1.165) is 11.3 Å². The summed E-state index contributed by atoms with van der Waals surface area (Å²) < 4.78 is 9.89. The highest BCUT2D eigenvalue weighted by atomic mass is 35.5. The van der Waals surface area contributed by atoms with Gasteiger partial charge in [0.15, 0.2) is 0 Å². The topological polar surface area (TPSA) is 102 Å². The summed E-state index contributed by atoms with van der Waals surface area (Å²) >= 11 is 6.17. The van der Waals surface area contributed by atoms with Gasteiger partial charge < -0.3 is 14.8 Å². The number of unbranched alkanes of at least 4 members (excludes halogenated alkanes) is 1. The lowest BCUT2D eigenvalue weighted by atomic mass is 10.1. The Morgan fingerprint density at radius 2 is 1.69 bits per heavy atom. The zero-order chi connectivity index (χ0) is 23.3. The van der Waals surface area contributed by atoms with Crippen molar-refractivity contribution in [3.05, 3.63) is 70.4 Å². The van der Waals surface area contributed by atoms with Crippen molar-refractivity contribution in [2.24, 2.45) is 0 Å². The van der Waals surface area contributed by atoms with Crippen molar-refractivity contribution in [1.82, 2.24) is 0 Å². The number of imide groups is 1. The molecule has 9 heteroatoms. The second kappa shape index (κ2) is 10.1. The van der Waals surface area contributed by atoms with Gasteiger partial charge in [-0.3, -0.25) is 9.59 Å². The van der Waals surface area contributed by atoms with Gasteiger partial charge in [-0.05, 0) is 42.8 Å². The van der Waals surface area contributed by atoms with Crippen molar-refractivity contribution in [2.75, 3.05) is 23.9 Å². The van der Waals surface area contributed by atoms with E-state index in [-0.39, 0.29) is 28.6 Å². The molecule has 3 rings (SSSR count). The van der Waals surface area contributed by atoms with Gasteiger partial charge in [-0.1, -0.05) is 37.1 Å². The lowest BCUT2D eigenvalue weighted by Gasteiger charge is -2.18. The molecule has 1 aliphatic heterocycles. The first-order chi connectivity index (χ1) is 15.4. The number of nitrogens with one attached hydrogen (secondary N) is 1. The number of para-hydroxylation sites is 1. The van der Waals surface area contributed by atoms with E-state index in [1.54, 1.807) is 24.3 Å². The Labute approximate surface area is 189 Å². The van der Waals surface area contributed by atoms with Crippen LogP contribution in [0.4, 0.5) is 11.4 Å². The Hall–Kier alpha value is -3.65. The molecule has 32 heavy (non-hydrogen) atoms. The van der Waals surface area contributed by atoms with Crippen LogP contribution in [0.2, 0.25) is 0 Å². The summed E-state index contributed by atoms with van der Waals surface area (Å²) in [4.78, 5) is 50.8. The number of esters is 2. The number of amides is 2. The summed E-state index contributed by atoms with van der Waals surface area (Å²) in [5.74, 6) is -2.62. The van der Waals surface area contributed by atoms with Crippen LogP contribution in [-0.2, 0) is 19.1 Å². The highest BCUT2D eigenvalue weighted by Gasteiger charge is 2.40. The number of carbonyl (C=O) groups excluding carboxylic acids is 4. The number of methoxy groups -OCH3 is 1. The standard InChI is InChI=1S/C23H21ClN2O6/c1-3-4-13-32-23(30)16-7-5-6-8-17(16)26-20(27)18(24)19(21(26)28)25-15-11-9-14(10-12-15)22(29)31-2/h5-12,25H,3-4,13H2,1-2H3. The lowest BCUT2D eigenvalue weighted by Crippen LogP contribution is -2.33. The Bertz CT molecular complexity index is 1090. The first-order valence-corrected chi connectivity index (χ1v) is 10.3. The predicted molar refractivity (Wildman–Crippen MR) is 118 cm³/mol. The van der Waals surface area contributed by atoms with E-state index >= 15 is 0 Å². The SMILES string of the molecule is CCCCOC(=O)c1ccccc1N1C(=O)C(Cl)=C(Nc2ccc(C(=O)OC)cc2)C1=O. The smallest absolute Gasteiger partial charge is 0.340 e. The van der Waals surface area contributed by atoms with Crippen LogP contribution in [0.15, 0.2) is 59.3 Å². The van der Waals surface area contributed by atoms with E-state index in [2.05, 4.69) is 10.1 Å². The zero-order valence-corrected chi connectivity index (χ0v) is 18.3. The van der Waals surface area contributed by atoms with E-state index in [0.29, 0.717) is 17.7 Å². The fraction of sp³-hybridized carbons (Fsp3) is 0.217. The number of rotatable bonds is 8. The Morgan fingerprint density at radius 1 is 1.00 bits per heavy atom. The van der Waals surface area contributed by atoms with Crippen LogP contribution in [0.5, 0.6) is 0 Å². The summed E-state index contributed by atoms with van der Waals surface area (Å²) in [7, 11) is 1.27. The first-order valence-electron chi connectivity index (χ1n) is 9.89. The third-order valence-corrected chi connectivity index (χ3v) is 5.05. The molecule has 2 amide bonds. The van der Waals surface area contributed by atoms with Gasteiger partial charge >= 0.3 is 11.9 Å². The molecular weight excluding hydrogens is 436 g/mol. The predicted octanol–water partition coefficient (Wildman–Crippen LogP) is 3.87. The molecule has 0 aliphatic carbocycles. The molecular formula is C23H21ClN2O6. The molecule has 8 nitrogen and oxygen atoms in total. The van der Waals surface area contributed by atoms with Crippen LogP contribution in [0, 0.1) is 0 Å². The molecule has 0 fully saturated rings. The van der Waals surface area contributed by atoms with Gasteiger partial charge in [-0.2, -0.15) is 0 Å². The molecule has 1 heterocycles. The molecule has 0 unspecified atom stereocenters. The number of carbonyl (C=O) groups is 4. The van der Waals surface area contributed by atoms with Gasteiger partial charge in [0.05, 0.1) is 30.5 Å². The summed E-state index contributed by atoms with van der Waals surface area (Å²) in [6.45, 7) is 2.20. The number of benzene rings is 2. The number of hydrogen-bond donors (Lipinski definition) is 1. The van der Waals surface area contributed by atoms with Crippen molar-refractivity contribution in [2.45, 2.75) is 19.8 Å². The molecule has 0 saturated carbocycles. The lowest BCUT2D eigenvalue weighted by molar-refractivity contribution is -0.120. The van der Waals surface area contributed by atoms with Crippen LogP contribution in [0.25, 0.3) is 0 Å². The van der Waals surface area contributed by atoms with Crippen LogP contribution in [-0.4, -0.2) is 37.5 Å². The second-order valence-electron chi connectivity index (χ2n) is 6.84. The fourth-order valence-electron chi connectivity index (χ4n) is 3.01. The Kier molecular flexibility index (Phi) is 7.27. The number of nitrogens with zero attached hydrogens (tertiary/aromatic N) is 1. The monoisotopic (exact) mass is 456 g/mol. The summed E-state index contributed by atoms with van der Waals surface area (Å²) in [6.07, 6.45) is 1.55. The third kappa shape index (κ3) is 4.65. The normalized spacial score (nSPS) is 13.4. The first kappa shape index (κ1) is 23.0. The molecule has 2 aromatic rings. The minimum Gasteiger partial charge on any atom is -0.465 e. The van der Waals surface area contributed by atoms with Gasteiger partial charge in [0.25, 0.3) is 11.8 Å². The highest BCUT2D eigenvalue weighted by Crippen LogP contribution is 2.32. The van der Waals surface area contributed by atoms with E-state index in [1.807, 2.05) is 6.92 Å². The van der Waals surface area contributed by atoms with Crippen LogP contribution >= 0.6 is 11.6 Å². The molecule has 166 valence electrons. The molecule has 0 spiro atoms. The number of ether oxygens (including phenoxy) is 2. The van der Waals surface area contributed by atoms with Gasteiger partial charge in [0.2, 0.25) is 0 Å². The van der Waals surface area contributed by atoms with Crippen LogP contribution < -0.4 is 10.2 Å². The maximum atomic E-state index is 13.1. The van der Waals surface area contributed by atoms with E-state index in [1.165, 1.54) is 31.4 Å². The van der Waals surface area contributed by atoms with Gasteiger partial charge in [-0.25, -0.2) is 14.5 Å². The highest BCUT2D eigenvalue weighted by molar-refractivity contribution is 6.53. The molecule has 0 aromatic heterocycles. The van der Waals surface area contributed by atoms with Gasteiger partial charge in [-0.15, -0.1) is 0 Å². The average molecular weight is 457 g/mol. The van der Waals surface area contributed by atoms with Crippen LogP contribution in [0.3, 0.4) is 0 Å². The van der Waals surface area contributed by atoms with E-state index in [4.69, 9.17) is 16.3 Å². The molecule has 1 aliphatic rings. The van der Waals surface area contributed by atoms with Gasteiger partial charge in [0.1, 0.15) is 10.7 Å². The molecule has 0 saturated heterocycles. The molecule has 0 radical (unpaired) electrons. The largest absolute Gasteiger partial charge is 0.465 e. The summed E-state index contributed by atoms with van der Waals surface area (Å²) in [6, 6.07) is 12.3. The zero-order valence-electron chi connectivity index (χ0n) is 17.5. The number of halogens is 1. The van der Waals surface area contributed by atoms with Crippen LogP contribution in [0.1, 0.15) is 40.5 Å². The maximum Gasteiger partial charge on any atom is 0.340 e. The summed E-state index contributed by atoms with van der Waals surface area (Å²) in [5, 5.41) is 2.49. The third-order valence-electron chi connectivity index (χ3n) is 4.70. The average Bonchev–Trinajstić information content (AvgIpc) is 3.02. The Morgan fingerprint density at radius 3 is 2.34 bits per heavy atom. The number of anilines is 2. The van der Waals surface area contributed by atoms with Crippen molar-refractivity contribution in [3.8, 4) is 0 Å². The van der Waals surface area contributed by atoms with E-state index < -0.39 is 23.8 Å². The molecule has 0 bridgehead atoms. The Balaban J connectivity index is 1.84. The van der Waals surface area contributed by atoms with Gasteiger partial charge in [0, 0.05) is 5.69 Å². The van der Waals surface area contributed by atoms with Crippen molar-refractivity contribution < 1.29 is 28.7 Å². The molecule has 0 atom stereocenters. The minimum atomic E-state index is -0.765. The summed E-state index contributed by atoms with van der Waals surface area (Å²) in [5.41, 5.74) is 0.778. The van der Waals surface area contributed by atoms with Crippen molar-refractivity contribution in [3.63, 3.8) is 0 Å². The quantitative estimate of drug-likeness (QED) is 0.365. The van der Waals surface area contributed by atoms with Crippen molar-refractivity contribution in [1.29, 1.82) is 0 Å². The van der Waals surface area contributed by atoms with Crippen molar-refractivity contribution >= 4 is 46.7 Å². The molecule has 1 N–H and O–H groups in total. The molecule has 2 aromatic carbocycles. The minimum absolute atomic E-state index is 0.0819. The maximum absolute atomic E-state index is 13.1.